The van der Waals surface area contributed by atoms with Gasteiger partial charge < -0.3 is 9.84 Å². The molecule has 0 aliphatic carbocycles. The lowest BCUT2D eigenvalue weighted by molar-refractivity contribution is 0.0988. The molecule has 3 rings (SSSR count). The van der Waals surface area contributed by atoms with Gasteiger partial charge in [0.1, 0.15) is 0 Å². The molecule has 0 aliphatic rings. The number of carbonyl (C=O) groups excluding carboxylic acids is 2. The van der Waals surface area contributed by atoms with Crippen LogP contribution in [0, 0.1) is 0 Å². The number of amides is 1. The van der Waals surface area contributed by atoms with E-state index in [1.165, 1.54) is 12.3 Å². The average molecular weight is 406 g/mol. The summed E-state index contributed by atoms with van der Waals surface area (Å²) in [6.07, 6.45) is 1.37. The Labute approximate surface area is 150 Å². The van der Waals surface area contributed by atoms with Gasteiger partial charge in [-0.1, -0.05) is 44.8 Å². The molecule has 0 atom stereocenters. The van der Waals surface area contributed by atoms with Crippen molar-refractivity contribution in [2.45, 2.75) is 0 Å². The van der Waals surface area contributed by atoms with Gasteiger partial charge in [-0.05, 0) is 30.3 Å². The Morgan fingerprint density at radius 1 is 1.08 bits per heavy atom. The predicted molar refractivity (Wildman–Crippen MR) is 93.5 cm³/mol. The number of hydrogen-bond donors (Lipinski definition) is 1. The molecule has 1 N–H and O–H groups in total. The number of benzene rings is 2. The van der Waals surface area contributed by atoms with E-state index in [0.717, 1.165) is 0 Å². The molecule has 2 aromatic carbocycles. The Morgan fingerprint density at radius 2 is 1.88 bits per heavy atom. The van der Waals surface area contributed by atoms with Crippen molar-refractivity contribution in [2.75, 3.05) is 5.32 Å². The smallest absolute Gasteiger partial charge is 0.294 e. The molecule has 0 fully saturated rings. The number of nitrogens with zero attached hydrogens (tertiary/aromatic N) is 1. The summed E-state index contributed by atoms with van der Waals surface area (Å²) in [4.78, 5) is 25.0. The Morgan fingerprint density at radius 3 is 2.58 bits per heavy atom. The van der Waals surface area contributed by atoms with Gasteiger partial charge in [0.25, 0.3) is 5.91 Å². The quantitative estimate of drug-likeness (QED) is 0.645. The summed E-state index contributed by atoms with van der Waals surface area (Å²) in [5.41, 5.74) is 1.02. The van der Waals surface area contributed by atoms with Gasteiger partial charge in [0, 0.05) is 21.7 Å². The first-order valence-corrected chi connectivity index (χ1v) is 8.04. The van der Waals surface area contributed by atoms with E-state index >= 15 is 0 Å². The summed E-state index contributed by atoms with van der Waals surface area (Å²) in [5, 5.41) is 6.48. The lowest BCUT2D eigenvalue weighted by Crippen LogP contribution is -2.15. The maximum atomic E-state index is 12.8. The van der Waals surface area contributed by atoms with Crippen LogP contribution in [0.4, 0.5) is 5.69 Å². The molecule has 0 saturated heterocycles. The number of anilines is 1. The van der Waals surface area contributed by atoms with Gasteiger partial charge in [-0.25, -0.2) is 0 Å². The Hall–Kier alpha value is -2.44. The lowest BCUT2D eigenvalue weighted by atomic mass is 10.0. The predicted octanol–water partition coefficient (Wildman–Crippen LogP) is 4.57. The molecule has 0 spiro atoms. The van der Waals surface area contributed by atoms with E-state index in [-0.39, 0.29) is 11.5 Å². The highest BCUT2D eigenvalue weighted by Crippen LogP contribution is 2.27. The standard InChI is InChI=1S/C17H10BrClN2O3/c18-10-5-6-14(21-17(23)15-7-8-20-24-15)12(9-10)16(22)11-3-1-2-4-13(11)19/h1-9H,(H,21,23). The molecule has 1 amide bonds. The van der Waals surface area contributed by atoms with Crippen molar-refractivity contribution < 1.29 is 14.1 Å². The topological polar surface area (TPSA) is 72.2 Å². The van der Waals surface area contributed by atoms with Crippen molar-refractivity contribution in [3.05, 3.63) is 81.1 Å². The van der Waals surface area contributed by atoms with Crippen LogP contribution in [0.5, 0.6) is 0 Å². The number of carbonyl (C=O) groups is 2. The second-order valence-electron chi connectivity index (χ2n) is 4.83. The maximum absolute atomic E-state index is 12.8. The molecular formula is C17H10BrClN2O3. The van der Waals surface area contributed by atoms with Crippen LogP contribution in [-0.4, -0.2) is 16.8 Å². The van der Waals surface area contributed by atoms with Crippen molar-refractivity contribution >= 4 is 44.9 Å². The van der Waals surface area contributed by atoms with Gasteiger partial charge >= 0.3 is 0 Å². The zero-order valence-electron chi connectivity index (χ0n) is 12.1. The van der Waals surface area contributed by atoms with E-state index in [9.17, 15) is 9.59 Å². The van der Waals surface area contributed by atoms with Crippen LogP contribution in [0.3, 0.4) is 0 Å². The molecule has 120 valence electrons. The minimum Gasteiger partial charge on any atom is -0.351 e. The van der Waals surface area contributed by atoms with Crippen LogP contribution in [0.2, 0.25) is 5.02 Å². The molecule has 0 saturated carbocycles. The molecule has 0 bridgehead atoms. The average Bonchev–Trinajstić information content (AvgIpc) is 3.11. The molecule has 0 aliphatic heterocycles. The molecule has 1 heterocycles. The van der Waals surface area contributed by atoms with Crippen molar-refractivity contribution in [1.29, 1.82) is 0 Å². The fraction of sp³-hybridized carbons (Fsp3) is 0. The Bertz CT molecular complexity index is 910. The lowest BCUT2D eigenvalue weighted by Gasteiger charge is -2.11. The first-order valence-electron chi connectivity index (χ1n) is 6.87. The van der Waals surface area contributed by atoms with Gasteiger partial charge in [0.2, 0.25) is 5.76 Å². The zero-order chi connectivity index (χ0) is 17.1. The molecule has 0 radical (unpaired) electrons. The number of aromatic nitrogens is 1. The highest BCUT2D eigenvalue weighted by molar-refractivity contribution is 9.10. The summed E-state index contributed by atoms with van der Waals surface area (Å²) in [7, 11) is 0. The normalized spacial score (nSPS) is 10.4. The van der Waals surface area contributed by atoms with E-state index in [1.54, 1.807) is 42.5 Å². The van der Waals surface area contributed by atoms with Crippen molar-refractivity contribution in [2.24, 2.45) is 0 Å². The van der Waals surface area contributed by atoms with Gasteiger partial charge in [0.05, 0.1) is 16.9 Å². The first kappa shape index (κ1) is 16.4. The number of hydrogen-bond acceptors (Lipinski definition) is 4. The maximum Gasteiger partial charge on any atom is 0.294 e. The van der Waals surface area contributed by atoms with Crippen LogP contribution < -0.4 is 5.32 Å². The Kier molecular flexibility index (Phi) is 4.78. The summed E-state index contributed by atoms with van der Waals surface area (Å²) >= 11 is 9.44. The highest BCUT2D eigenvalue weighted by Gasteiger charge is 2.19. The summed E-state index contributed by atoms with van der Waals surface area (Å²) in [6, 6.07) is 13.1. The number of nitrogens with one attached hydrogen (secondary N) is 1. The number of halogens is 2. The molecule has 1 aromatic heterocycles. The van der Waals surface area contributed by atoms with Gasteiger partial charge in [-0.3, -0.25) is 9.59 Å². The van der Waals surface area contributed by atoms with Gasteiger partial charge in [-0.15, -0.1) is 0 Å². The summed E-state index contributed by atoms with van der Waals surface area (Å²) < 4.78 is 5.52. The number of rotatable bonds is 4. The highest BCUT2D eigenvalue weighted by atomic mass is 79.9. The van der Waals surface area contributed by atoms with Gasteiger partial charge in [-0.2, -0.15) is 0 Å². The van der Waals surface area contributed by atoms with E-state index in [1.807, 2.05) is 0 Å². The van der Waals surface area contributed by atoms with Crippen molar-refractivity contribution in [3.63, 3.8) is 0 Å². The molecule has 7 heteroatoms. The van der Waals surface area contributed by atoms with Crippen LogP contribution in [0.15, 0.2) is 63.7 Å². The SMILES string of the molecule is O=C(Nc1ccc(Br)cc1C(=O)c1ccccc1Cl)c1ccno1. The monoisotopic (exact) mass is 404 g/mol. The molecule has 5 nitrogen and oxygen atoms in total. The van der Waals surface area contributed by atoms with Crippen LogP contribution in [0.1, 0.15) is 26.5 Å². The third kappa shape index (κ3) is 3.39. The third-order valence-electron chi connectivity index (χ3n) is 3.25. The van der Waals surface area contributed by atoms with Crippen LogP contribution in [0.25, 0.3) is 0 Å². The summed E-state index contributed by atoms with van der Waals surface area (Å²) in [5.74, 6) is -0.744. The fourth-order valence-corrected chi connectivity index (χ4v) is 2.70. The van der Waals surface area contributed by atoms with E-state index in [0.29, 0.717) is 26.3 Å². The molecular weight excluding hydrogens is 396 g/mol. The zero-order valence-corrected chi connectivity index (χ0v) is 14.5. The minimum atomic E-state index is -0.497. The molecule has 24 heavy (non-hydrogen) atoms. The first-order chi connectivity index (χ1) is 11.6. The van der Waals surface area contributed by atoms with Gasteiger partial charge in [0.15, 0.2) is 5.78 Å². The molecule has 3 aromatic rings. The molecule has 0 unspecified atom stereocenters. The largest absolute Gasteiger partial charge is 0.351 e. The second kappa shape index (κ2) is 6.98. The van der Waals surface area contributed by atoms with E-state index in [2.05, 4.69) is 26.4 Å². The van der Waals surface area contributed by atoms with Crippen molar-refractivity contribution in [1.82, 2.24) is 5.16 Å². The van der Waals surface area contributed by atoms with E-state index in [4.69, 9.17) is 16.1 Å². The minimum absolute atomic E-state index is 0.0501. The Balaban J connectivity index is 1.98. The third-order valence-corrected chi connectivity index (χ3v) is 4.08. The second-order valence-corrected chi connectivity index (χ2v) is 6.15. The number of ketones is 1. The summed E-state index contributed by atoms with van der Waals surface area (Å²) in [6.45, 7) is 0. The van der Waals surface area contributed by atoms with Crippen LogP contribution in [-0.2, 0) is 0 Å². The van der Waals surface area contributed by atoms with Crippen LogP contribution >= 0.6 is 27.5 Å². The van der Waals surface area contributed by atoms with E-state index < -0.39 is 5.91 Å². The fourth-order valence-electron chi connectivity index (χ4n) is 2.12. The van der Waals surface area contributed by atoms with Crippen molar-refractivity contribution in [3.8, 4) is 0 Å².